The highest BCUT2D eigenvalue weighted by Crippen LogP contribution is 1.90. The van der Waals surface area contributed by atoms with Crippen molar-refractivity contribution >= 4 is 11.8 Å². The van der Waals surface area contributed by atoms with Crippen LogP contribution in [0, 0.1) is 0 Å². The lowest BCUT2D eigenvalue weighted by atomic mass is 10.2. The number of rotatable bonds is 5. The van der Waals surface area contributed by atoms with Gasteiger partial charge in [-0.25, -0.2) is 0 Å². The number of hydrogen-bond acceptors (Lipinski definition) is 3. The van der Waals surface area contributed by atoms with E-state index in [-0.39, 0.29) is 17.9 Å². The minimum atomic E-state index is -0.544. The van der Waals surface area contributed by atoms with Crippen molar-refractivity contribution in [3.05, 3.63) is 0 Å². The summed E-state index contributed by atoms with van der Waals surface area (Å²) in [5.41, 5.74) is 5.52. The van der Waals surface area contributed by atoms with Gasteiger partial charge in [-0.1, -0.05) is 6.92 Å². The van der Waals surface area contributed by atoms with Gasteiger partial charge in [-0.15, -0.1) is 0 Å². The number of nitrogens with two attached hydrogens (primary N) is 1. The van der Waals surface area contributed by atoms with E-state index >= 15 is 0 Å². The third kappa shape index (κ3) is 5.37. The Morgan fingerprint density at radius 1 is 1.13 bits per heavy atom. The molecule has 0 aliphatic rings. The van der Waals surface area contributed by atoms with E-state index in [0.29, 0.717) is 6.42 Å². The van der Waals surface area contributed by atoms with Crippen LogP contribution in [0.2, 0.25) is 0 Å². The predicted octanol–water partition coefficient (Wildman–Crippen LogP) is -0.247. The molecule has 2 amide bonds. The van der Waals surface area contributed by atoms with Crippen LogP contribution in [0.25, 0.3) is 0 Å². The minimum Gasteiger partial charge on any atom is -0.352 e. The molecule has 0 fully saturated rings. The Balaban J connectivity index is 4.07. The third-order valence-electron chi connectivity index (χ3n) is 1.96. The van der Waals surface area contributed by atoms with Gasteiger partial charge in [-0.05, 0) is 27.2 Å². The van der Waals surface area contributed by atoms with Crippen LogP contribution in [0.1, 0.15) is 34.1 Å². The third-order valence-corrected chi connectivity index (χ3v) is 1.96. The second-order valence-corrected chi connectivity index (χ2v) is 3.91. The van der Waals surface area contributed by atoms with Crippen LogP contribution in [0.15, 0.2) is 0 Å². The zero-order valence-corrected chi connectivity index (χ0v) is 9.83. The van der Waals surface area contributed by atoms with Gasteiger partial charge < -0.3 is 16.4 Å². The van der Waals surface area contributed by atoms with E-state index in [2.05, 4.69) is 10.6 Å². The van der Waals surface area contributed by atoms with Crippen LogP contribution >= 0.6 is 0 Å². The van der Waals surface area contributed by atoms with Gasteiger partial charge in [0.15, 0.2) is 0 Å². The second kappa shape index (κ2) is 6.40. The zero-order valence-electron chi connectivity index (χ0n) is 9.83. The number of hydrogen-bond donors (Lipinski definition) is 3. The normalized spacial score (nSPS) is 14.5. The SMILES string of the molecule is CCC(N)C(=O)NC(C)C(=O)NC(C)C. The Labute approximate surface area is 90.8 Å². The smallest absolute Gasteiger partial charge is 0.242 e. The van der Waals surface area contributed by atoms with Crippen LogP contribution in [-0.2, 0) is 9.59 Å². The van der Waals surface area contributed by atoms with Gasteiger partial charge in [0.1, 0.15) is 6.04 Å². The fourth-order valence-electron chi connectivity index (χ4n) is 0.981. The van der Waals surface area contributed by atoms with Crippen LogP contribution in [0.4, 0.5) is 0 Å². The Morgan fingerprint density at radius 3 is 2.07 bits per heavy atom. The molecule has 0 heterocycles. The summed E-state index contributed by atoms with van der Waals surface area (Å²) in [6, 6.07) is -1.02. The lowest BCUT2D eigenvalue weighted by molar-refractivity contribution is -0.129. The Hall–Kier alpha value is -1.10. The molecule has 15 heavy (non-hydrogen) atoms. The monoisotopic (exact) mass is 215 g/mol. The molecular formula is C10H21N3O2. The van der Waals surface area contributed by atoms with E-state index in [0.717, 1.165) is 0 Å². The first-order valence-electron chi connectivity index (χ1n) is 5.24. The topological polar surface area (TPSA) is 84.2 Å². The molecule has 0 aromatic carbocycles. The molecule has 5 nitrogen and oxygen atoms in total. The van der Waals surface area contributed by atoms with Crippen molar-refractivity contribution in [1.29, 1.82) is 0 Å². The fraction of sp³-hybridized carbons (Fsp3) is 0.800. The maximum atomic E-state index is 11.4. The molecule has 0 aromatic heterocycles. The summed E-state index contributed by atoms with van der Waals surface area (Å²) in [6.45, 7) is 7.19. The number of carbonyl (C=O) groups excluding carboxylic acids is 2. The first-order valence-corrected chi connectivity index (χ1v) is 5.24. The first kappa shape index (κ1) is 13.9. The van der Waals surface area contributed by atoms with Crippen LogP contribution in [0.3, 0.4) is 0 Å². The highest BCUT2D eigenvalue weighted by atomic mass is 16.2. The standard InChI is InChI=1S/C10H21N3O2/c1-5-8(11)10(15)13-7(4)9(14)12-6(2)3/h6-8H,5,11H2,1-4H3,(H,12,14)(H,13,15). The summed E-state index contributed by atoms with van der Waals surface area (Å²) in [7, 11) is 0. The van der Waals surface area contributed by atoms with Crippen LogP contribution in [-0.4, -0.2) is 29.9 Å². The average molecular weight is 215 g/mol. The molecule has 0 saturated heterocycles. The molecule has 0 aliphatic carbocycles. The van der Waals surface area contributed by atoms with Gasteiger partial charge in [0.25, 0.3) is 0 Å². The number of carbonyl (C=O) groups is 2. The highest BCUT2D eigenvalue weighted by molar-refractivity contribution is 5.89. The molecular weight excluding hydrogens is 194 g/mol. The van der Waals surface area contributed by atoms with Gasteiger partial charge >= 0.3 is 0 Å². The van der Waals surface area contributed by atoms with Crippen molar-refractivity contribution in [1.82, 2.24) is 10.6 Å². The van der Waals surface area contributed by atoms with Gasteiger partial charge in [-0.3, -0.25) is 9.59 Å². The molecule has 0 aromatic rings. The van der Waals surface area contributed by atoms with Gasteiger partial charge in [0.2, 0.25) is 11.8 Å². The zero-order chi connectivity index (χ0) is 12.0. The van der Waals surface area contributed by atoms with E-state index in [1.54, 1.807) is 6.92 Å². The summed E-state index contributed by atoms with van der Waals surface area (Å²) < 4.78 is 0. The molecule has 0 rings (SSSR count). The molecule has 88 valence electrons. The lowest BCUT2D eigenvalue weighted by Crippen LogP contribution is -2.51. The largest absolute Gasteiger partial charge is 0.352 e. The molecule has 0 radical (unpaired) electrons. The molecule has 5 heteroatoms. The maximum absolute atomic E-state index is 11.4. The molecule has 0 saturated carbocycles. The van der Waals surface area contributed by atoms with Crippen molar-refractivity contribution in [2.75, 3.05) is 0 Å². The fourth-order valence-corrected chi connectivity index (χ4v) is 0.981. The highest BCUT2D eigenvalue weighted by Gasteiger charge is 2.18. The molecule has 0 bridgehead atoms. The molecule has 4 N–H and O–H groups in total. The number of nitrogens with one attached hydrogen (secondary N) is 2. The van der Waals surface area contributed by atoms with Gasteiger partial charge in [0.05, 0.1) is 6.04 Å². The van der Waals surface area contributed by atoms with Gasteiger partial charge in [-0.2, -0.15) is 0 Å². The molecule has 0 aliphatic heterocycles. The summed E-state index contributed by atoms with van der Waals surface area (Å²) in [4.78, 5) is 22.8. The average Bonchev–Trinajstić information content (AvgIpc) is 2.15. The van der Waals surface area contributed by atoms with E-state index < -0.39 is 12.1 Å². The lowest BCUT2D eigenvalue weighted by Gasteiger charge is -2.17. The summed E-state index contributed by atoms with van der Waals surface area (Å²) >= 11 is 0. The Bertz CT molecular complexity index is 229. The van der Waals surface area contributed by atoms with Crippen molar-refractivity contribution in [3.8, 4) is 0 Å². The van der Waals surface area contributed by atoms with Crippen molar-refractivity contribution in [2.45, 2.75) is 52.2 Å². The van der Waals surface area contributed by atoms with Crippen molar-refractivity contribution in [3.63, 3.8) is 0 Å². The van der Waals surface area contributed by atoms with E-state index in [4.69, 9.17) is 5.73 Å². The Kier molecular flexibility index (Phi) is 5.93. The summed E-state index contributed by atoms with van der Waals surface area (Å²) in [5, 5.41) is 5.27. The molecule has 2 atom stereocenters. The van der Waals surface area contributed by atoms with E-state index in [9.17, 15) is 9.59 Å². The van der Waals surface area contributed by atoms with Crippen molar-refractivity contribution in [2.24, 2.45) is 5.73 Å². The molecule has 0 spiro atoms. The summed E-state index contributed by atoms with van der Waals surface area (Å²) in [5.74, 6) is -0.481. The summed E-state index contributed by atoms with van der Waals surface area (Å²) in [6.07, 6.45) is 0.560. The Morgan fingerprint density at radius 2 is 1.67 bits per heavy atom. The number of amides is 2. The minimum absolute atomic E-state index is 0.0664. The van der Waals surface area contributed by atoms with Crippen LogP contribution < -0.4 is 16.4 Å². The second-order valence-electron chi connectivity index (χ2n) is 3.91. The predicted molar refractivity (Wildman–Crippen MR) is 59.1 cm³/mol. The van der Waals surface area contributed by atoms with E-state index in [1.165, 1.54) is 0 Å². The van der Waals surface area contributed by atoms with Gasteiger partial charge in [0, 0.05) is 6.04 Å². The first-order chi connectivity index (χ1) is 6.88. The van der Waals surface area contributed by atoms with Crippen molar-refractivity contribution < 1.29 is 9.59 Å². The maximum Gasteiger partial charge on any atom is 0.242 e. The quantitative estimate of drug-likeness (QED) is 0.591. The van der Waals surface area contributed by atoms with E-state index in [1.807, 2.05) is 20.8 Å². The van der Waals surface area contributed by atoms with Crippen LogP contribution in [0.5, 0.6) is 0 Å². The molecule has 2 unspecified atom stereocenters.